The van der Waals surface area contributed by atoms with Crippen LogP contribution in [0.3, 0.4) is 0 Å². The van der Waals surface area contributed by atoms with Crippen LogP contribution in [-0.2, 0) is 10.0 Å². The molecule has 2 aromatic rings. The first-order valence-corrected chi connectivity index (χ1v) is 7.37. The fraction of sp³-hybridized carbons (Fsp3) is 0.400. The summed E-state index contributed by atoms with van der Waals surface area (Å²) in [4.78, 5) is 8.49. The number of nitrogens with zero attached hydrogens (tertiary/aromatic N) is 3. The highest BCUT2D eigenvalue weighted by atomic mass is 32.2. The molecule has 0 aliphatic heterocycles. The summed E-state index contributed by atoms with van der Waals surface area (Å²) in [5.74, 6) is 1.19. The minimum absolute atomic E-state index is 0.0260. The van der Waals surface area contributed by atoms with Gasteiger partial charge in [-0.1, -0.05) is 0 Å². The first kappa shape index (κ1) is 13.6. The average Bonchev–Trinajstić information content (AvgIpc) is 2.86. The molecular weight excluding hydrogens is 268 g/mol. The van der Waals surface area contributed by atoms with Gasteiger partial charge in [-0.2, -0.15) is 0 Å². The zero-order valence-electron chi connectivity index (χ0n) is 10.7. The van der Waals surface area contributed by atoms with Gasteiger partial charge in [-0.05, 0) is 7.05 Å². The smallest absolute Gasteiger partial charge is 0.213 e. The molecule has 0 atom stereocenters. The Morgan fingerprint density at radius 1 is 1.37 bits per heavy atom. The highest BCUT2D eigenvalue weighted by Crippen LogP contribution is 2.15. The van der Waals surface area contributed by atoms with E-state index in [1.807, 2.05) is 4.40 Å². The molecule has 2 aromatic heterocycles. The van der Waals surface area contributed by atoms with E-state index in [9.17, 15) is 8.42 Å². The maximum absolute atomic E-state index is 11.3. The summed E-state index contributed by atoms with van der Waals surface area (Å²) in [7, 11) is -0.0732. The second-order valence-electron chi connectivity index (χ2n) is 3.83. The number of sulfonamides is 1. The van der Waals surface area contributed by atoms with Crippen LogP contribution in [0.5, 0.6) is 0 Å². The zero-order valence-corrected chi connectivity index (χ0v) is 11.5. The van der Waals surface area contributed by atoms with E-state index in [0.29, 0.717) is 17.3 Å². The zero-order chi connectivity index (χ0) is 13.9. The Kier molecular flexibility index (Phi) is 3.86. The van der Waals surface area contributed by atoms with Crippen molar-refractivity contribution in [2.45, 2.75) is 0 Å². The first-order valence-electron chi connectivity index (χ1n) is 5.72. The van der Waals surface area contributed by atoms with E-state index in [2.05, 4.69) is 25.3 Å². The Balaban J connectivity index is 2.17. The number of aromatic nitrogens is 3. The molecule has 104 valence electrons. The molecule has 0 spiro atoms. The van der Waals surface area contributed by atoms with Gasteiger partial charge in [0.15, 0.2) is 11.5 Å². The summed E-state index contributed by atoms with van der Waals surface area (Å²) < 4.78 is 26.7. The van der Waals surface area contributed by atoms with Gasteiger partial charge in [-0.15, -0.1) is 0 Å². The van der Waals surface area contributed by atoms with Crippen LogP contribution < -0.4 is 15.4 Å². The average molecular weight is 284 g/mol. The van der Waals surface area contributed by atoms with Gasteiger partial charge < -0.3 is 15.0 Å². The maximum Gasteiger partial charge on any atom is 0.213 e. The number of anilines is 2. The summed E-state index contributed by atoms with van der Waals surface area (Å²) in [5.41, 5.74) is 0.654. The Bertz CT molecular complexity index is 666. The van der Waals surface area contributed by atoms with Crippen LogP contribution in [0.25, 0.3) is 5.65 Å². The van der Waals surface area contributed by atoms with Crippen molar-refractivity contribution in [2.24, 2.45) is 0 Å². The largest absolute Gasteiger partial charge is 0.372 e. The van der Waals surface area contributed by atoms with Crippen molar-refractivity contribution in [2.75, 3.05) is 37.0 Å². The van der Waals surface area contributed by atoms with Gasteiger partial charge in [0.25, 0.3) is 0 Å². The van der Waals surface area contributed by atoms with Crippen molar-refractivity contribution in [3.63, 3.8) is 0 Å². The summed E-state index contributed by atoms with van der Waals surface area (Å²) >= 11 is 0. The standard InChI is InChI=1S/C10H16N6O2S/c1-11-8-7-16-5-3-14-10(16)9(15-8)13-4-6-19(17,18)12-2/h3,5,7,11-12H,4,6H2,1-2H3,(H,13,15). The second kappa shape index (κ2) is 5.41. The van der Waals surface area contributed by atoms with Crippen LogP contribution >= 0.6 is 0 Å². The summed E-state index contributed by atoms with van der Waals surface area (Å²) in [6, 6.07) is 0. The van der Waals surface area contributed by atoms with E-state index in [1.54, 1.807) is 25.6 Å². The lowest BCUT2D eigenvalue weighted by atomic mass is 10.5. The highest BCUT2D eigenvalue weighted by molar-refractivity contribution is 7.89. The second-order valence-corrected chi connectivity index (χ2v) is 5.88. The molecule has 0 aromatic carbocycles. The summed E-state index contributed by atoms with van der Waals surface area (Å²) in [5, 5.41) is 5.92. The molecule has 9 heteroatoms. The van der Waals surface area contributed by atoms with Gasteiger partial charge >= 0.3 is 0 Å². The third-order valence-corrected chi connectivity index (χ3v) is 3.97. The molecule has 2 heterocycles. The van der Waals surface area contributed by atoms with Crippen molar-refractivity contribution in [3.8, 4) is 0 Å². The van der Waals surface area contributed by atoms with Crippen LogP contribution in [0.4, 0.5) is 11.6 Å². The molecule has 0 radical (unpaired) electrons. The number of hydrogen-bond acceptors (Lipinski definition) is 6. The molecule has 8 nitrogen and oxygen atoms in total. The van der Waals surface area contributed by atoms with Crippen LogP contribution in [-0.4, -0.2) is 49.2 Å². The fourth-order valence-corrected chi connectivity index (χ4v) is 2.15. The minimum Gasteiger partial charge on any atom is -0.372 e. The lowest BCUT2D eigenvalue weighted by Gasteiger charge is -2.09. The molecular formula is C10H16N6O2S. The number of hydrogen-bond donors (Lipinski definition) is 3. The van der Waals surface area contributed by atoms with Crippen molar-refractivity contribution in [1.29, 1.82) is 0 Å². The maximum atomic E-state index is 11.3. The molecule has 0 bridgehead atoms. The quantitative estimate of drug-likeness (QED) is 0.675. The van der Waals surface area contributed by atoms with Gasteiger partial charge in [-0.25, -0.2) is 23.1 Å². The minimum atomic E-state index is -3.23. The molecule has 0 fully saturated rings. The van der Waals surface area contributed by atoms with Crippen LogP contribution in [0.2, 0.25) is 0 Å². The monoisotopic (exact) mass is 284 g/mol. The first-order chi connectivity index (χ1) is 9.05. The lowest BCUT2D eigenvalue weighted by molar-refractivity contribution is 0.588. The van der Waals surface area contributed by atoms with E-state index in [0.717, 1.165) is 0 Å². The normalized spacial score (nSPS) is 11.7. The predicted octanol–water partition coefficient (Wildman–Crippen LogP) is -0.268. The molecule has 0 saturated heterocycles. The highest BCUT2D eigenvalue weighted by Gasteiger charge is 2.09. The SMILES string of the molecule is CNc1cn2ccnc2c(NCCS(=O)(=O)NC)n1. The molecule has 3 N–H and O–H groups in total. The molecule has 0 aliphatic rings. The number of rotatable bonds is 6. The molecule has 0 amide bonds. The summed E-state index contributed by atoms with van der Waals surface area (Å²) in [6.45, 7) is 0.256. The van der Waals surface area contributed by atoms with Crippen LogP contribution in [0.1, 0.15) is 0 Å². The van der Waals surface area contributed by atoms with Crippen molar-refractivity contribution in [1.82, 2.24) is 19.1 Å². The van der Waals surface area contributed by atoms with E-state index in [1.165, 1.54) is 7.05 Å². The van der Waals surface area contributed by atoms with Crippen molar-refractivity contribution in [3.05, 3.63) is 18.6 Å². The van der Waals surface area contributed by atoms with Gasteiger partial charge in [0.1, 0.15) is 5.82 Å². The molecule has 0 unspecified atom stereocenters. The van der Waals surface area contributed by atoms with Gasteiger partial charge in [-0.3, -0.25) is 0 Å². The Hall–Kier alpha value is -1.87. The molecule has 2 rings (SSSR count). The van der Waals surface area contributed by atoms with E-state index < -0.39 is 10.0 Å². The van der Waals surface area contributed by atoms with Crippen molar-refractivity contribution < 1.29 is 8.42 Å². The topological polar surface area (TPSA) is 100 Å². The van der Waals surface area contributed by atoms with Crippen LogP contribution in [0.15, 0.2) is 18.6 Å². The Morgan fingerprint density at radius 3 is 2.84 bits per heavy atom. The van der Waals surface area contributed by atoms with E-state index >= 15 is 0 Å². The predicted molar refractivity (Wildman–Crippen MR) is 73.9 cm³/mol. The van der Waals surface area contributed by atoms with Crippen LogP contribution in [0, 0.1) is 0 Å². The van der Waals surface area contributed by atoms with E-state index in [-0.39, 0.29) is 12.3 Å². The number of nitrogens with one attached hydrogen (secondary N) is 3. The molecule has 0 saturated carbocycles. The number of imidazole rings is 1. The lowest BCUT2D eigenvalue weighted by Crippen LogP contribution is -2.26. The Morgan fingerprint density at radius 2 is 2.16 bits per heavy atom. The summed E-state index contributed by atoms with van der Waals surface area (Å²) in [6.07, 6.45) is 5.26. The van der Waals surface area contributed by atoms with Gasteiger partial charge in [0, 0.05) is 26.0 Å². The van der Waals surface area contributed by atoms with E-state index in [4.69, 9.17) is 0 Å². The van der Waals surface area contributed by atoms with Gasteiger partial charge in [0.2, 0.25) is 10.0 Å². The Labute approximate surface area is 111 Å². The third kappa shape index (κ3) is 3.12. The van der Waals surface area contributed by atoms with Crippen molar-refractivity contribution >= 4 is 27.3 Å². The molecule has 0 aliphatic carbocycles. The van der Waals surface area contributed by atoms with Gasteiger partial charge in [0.05, 0.1) is 11.9 Å². The number of fused-ring (bicyclic) bond motifs is 1. The fourth-order valence-electron chi connectivity index (χ4n) is 1.58. The molecule has 19 heavy (non-hydrogen) atoms. The third-order valence-electron chi connectivity index (χ3n) is 2.60.